The molecule has 0 saturated carbocycles. The molecule has 0 amide bonds. The van der Waals surface area contributed by atoms with Crippen LogP contribution in [0, 0.1) is 6.92 Å². The highest BCUT2D eigenvalue weighted by atomic mass is 14.3. The summed E-state index contributed by atoms with van der Waals surface area (Å²) < 4.78 is 0. The Hall–Kier alpha value is -2.34. The molecule has 0 spiro atoms. The zero-order chi connectivity index (χ0) is 15.5. The summed E-state index contributed by atoms with van der Waals surface area (Å²) in [6.45, 7) is 6.42. The number of benzene rings is 2. The van der Waals surface area contributed by atoms with Gasteiger partial charge in [-0.3, -0.25) is 0 Å². The highest BCUT2D eigenvalue weighted by molar-refractivity contribution is 6.05. The zero-order valence-electron chi connectivity index (χ0n) is 13.6. The van der Waals surface area contributed by atoms with Crippen molar-refractivity contribution in [1.82, 2.24) is 0 Å². The van der Waals surface area contributed by atoms with Crippen molar-refractivity contribution in [2.24, 2.45) is 0 Å². The number of rotatable bonds is 2. The summed E-state index contributed by atoms with van der Waals surface area (Å²) in [4.78, 5) is 0. The van der Waals surface area contributed by atoms with E-state index >= 15 is 0 Å². The number of allylic oxidation sites excluding steroid dienone is 6. The van der Waals surface area contributed by atoms with Crippen LogP contribution < -0.4 is 0 Å². The Morgan fingerprint density at radius 2 is 1.45 bits per heavy atom. The molecule has 0 heterocycles. The second kappa shape index (κ2) is 6.19. The van der Waals surface area contributed by atoms with Gasteiger partial charge in [0.2, 0.25) is 0 Å². The first-order valence-corrected chi connectivity index (χ1v) is 7.92. The van der Waals surface area contributed by atoms with Crippen LogP contribution in [0.4, 0.5) is 0 Å². The molecule has 0 saturated heterocycles. The van der Waals surface area contributed by atoms with E-state index < -0.39 is 0 Å². The van der Waals surface area contributed by atoms with Gasteiger partial charge >= 0.3 is 0 Å². The van der Waals surface area contributed by atoms with Gasteiger partial charge in [0.15, 0.2) is 0 Å². The Kier molecular flexibility index (Phi) is 4.11. The van der Waals surface area contributed by atoms with Crippen LogP contribution in [0.15, 0.2) is 77.9 Å². The predicted molar refractivity (Wildman–Crippen MR) is 96.6 cm³/mol. The first-order valence-electron chi connectivity index (χ1n) is 7.92. The van der Waals surface area contributed by atoms with Crippen LogP contribution in [-0.4, -0.2) is 0 Å². The summed E-state index contributed by atoms with van der Waals surface area (Å²) in [5, 5.41) is 0. The van der Waals surface area contributed by atoms with Gasteiger partial charge in [-0.1, -0.05) is 72.3 Å². The normalized spacial score (nSPS) is 18.5. The van der Waals surface area contributed by atoms with Crippen molar-refractivity contribution in [2.45, 2.75) is 27.2 Å². The maximum atomic E-state index is 2.25. The maximum Gasteiger partial charge on any atom is -0.00107 e. The quantitative estimate of drug-likeness (QED) is 0.616. The second-order valence-corrected chi connectivity index (χ2v) is 5.78. The highest BCUT2D eigenvalue weighted by Gasteiger charge is 2.25. The first-order chi connectivity index (χ1) is 10.7. The third-order valence-corrected chi connectivity index (χ3v) is 4.38. The standard InChI is InChI=1S/C22H22/c1-4-17-15-21(18-13-11-16(3)12-14-18)22(20(17)5-2)19-9-7-6-8-10-19/h4-14H,15H2,1-3H3. The third-order valence-electron chi connectivity index (χ3n) is 4.38. The fourth-order valence-electron chi connectivity index (χ4n) is 3.22. The minimum Gasteiger partial charge on any atom is -0.0835 e. The van der Waals surface area contributed by atoms with Gasteiger partial charge in [-0.2, -0.15) is 0 Å². The lowest BCUT2D eigenvalue weighted by molar-refractivity contribution is 1.29. The molecule has 0 bridgehead atoms. The second-order valence-electron chi connectivity index (χ2n) is 5.78. The van der Waals surface area contributed by atoms with Gasteiger partial charge < -0.3 is 0 Å². The summed E-state index contributed by atoms with van der Waals surface area (Å²) >= 11 is 0. The fraction of sp³-hybridized carbons (Fsp3) is 0.182. The van der Waals surface area contributed by atoms with Gasteiger partial charge in [-0.05, 0) is 60.6 Å². The summed E-state index contributed by atoms with van der Waals surface area (Å²) in [7, 11) is 0. The van der Waals surface area contributed by atoms with Crippen LogP contribution in [0.3, 0.4) is 0 Å². The van der Waals surface area contributed by atoms with E-state index in [4.69, 9.17) is 0 Å². The summed E-state index contributed by atoms with van der Waals surface area (Å²) in [5.74, 6) is 0. The molecule has 1 aliphatic carbocycles. The minimum atomic E-state index is 1.02. The van der Waals surface area contributed by atoms with Gasteiger partial charge in [0.1, 0.15) is 0 Å². The van der Waals surface area contributed by atoms with E-state index in [9.17, 15) is 0 Å². The molecular formula is C22H22. The van der Waals surface area contributed by atoms with Crippen molar-refractivity contribution in [3.05, 3.63) is 94.6 Å². The molecule has 0 aliphatic heterocycles. The van der Waals surface area contributed by atoms with Gasteiger partial charge in [-0.25, -0.2) is 0 Å². The largest absolute Gasteiger partial charge is 0.0835 e. The number of aryl methyl sites for hydroxylation is 1. The van der Waals surface area contributed by atoms with E-state index in [1.165, 1.54) is 39.0 Å². The molecule has 3 rings (SSSR count). The lowest BCUT2D eigenvalue weighted by Crippen LogP contribution is -1.88. The highest BCUT2D eigenvalue weighted by Crippen LogP contribution is 2.46. The van der Waals surface area contributed by atoms with Crippen LogP contribution >= 0.6 is 0 Å². The Labute approximate surface area is 133 Å². The average Bonchev–Trinajstić information content (AvgIpc) is 2.95. The van der Waals surface area contributed by atoms with Crippen LogP contribution in [0.25, 0.3) is 11.1 Å². The Balaban J connectivity index is 2.23. The van der Waals surface area contributed by atoms with E-state index in [0.29, 0.717) is 0 Å². The van der Waals surface area contributed by atoms with Crippen LogP contribution in [0.1, 0.15) is 37.0 Å². The predicted octanol–water partition coefficient (Wildman–Crippen LogP) is 6.20. The molecule has 2 aromatic rings. The third kappa shape index (κ3) is 2.57. The Bertz CT molecular complexity index is 753. The maximum absolute atomic E-state index is 2.25. The van der Waals surface area contributed by atoms with E-state index in [2.05, 4.69) is 87.5 Å². The molecular weight excluding hydrogens is 264 g/mol. The molecule has 0 nitrogen and oxygen atoms in total. The van der Waals surface area contributed by atoms with Gasteiger partial charge in [-0.15, -0.1) is 0 Å². The fourth-order valence-corrected chi connectivity index (χ4v) is 3.22. The Morgan fingerprint density at radius 3 is 2.05 bits per heavy atom. The topological polar surface area (TPSA) is 0 Å². The molecule has 22 heavy (non-hydrogen) atoms. The molecule has 0 radical (unpaired) electrons. The lowest BCUT2D eigenvalue weighted by atomic mass is 9.94. The van der Waals surface area contributed by atoms with Crippen LogP contribution in [0.5, 0.6) is 0 Å². The van der Waals surface area contributed by atoms with Gasteiger partial charge in [0.25, 0.3) is 0 Å². The van der Waals surface area contributed by atoms with Crippen molar-refractivity contribution < 1.29 is 0 Å². The number of hydrogen-bond acceptors (Lipinski definition) is 0. The number of hydrogen-bond donors (Lipinski definition) is 0. The van der Waals surface area contributed by atoms with E-state index in [-0.39, 0.29) is 0 Å². The molecule has 0 fully saturated rings. The van der Waals surface area contributed by atoms with E-state index in [0.717, 1.165) is 6.42 Å². The molecule has 0 unspecified atom stereocenters. The van der Waals surface area contributed by atoms with Crippen LogP contribution in [0.2, 0.25) is 0 Å². The molecule has 0 heteroatoms. The molecule has 0 aromatic heterocycles. The van der Waals surface area contributed by atoms with Gasteiger partial charge in [0, 0.05) is 0 Å². The summed E-state index contributed by atoms with van der Waals surface area (Å²) in [5.41, 5.74) is 9.58. The van der Waals surface area contributed by atoms with E-state index in [1.807, 2.05) is 0 Å². The molecule has 0 atom stereocenters. The van der Waals surface area contributed by atoms with Crippen molar-refractivity contribution in [1.29, 1.82) is 0 Å². The van der Waals surface area contributed by atoms with Crippen LogP contribution in [-0.2, 0) is 0 Å². The first kappa shape index (κ1) is 14.6. The molecule has 110 valence electrons. The Morgan fingerprint density at radius 1 is 0.773 bits per heavy atom. The van der Waals surface area contributed by atoms with Gasteiger partial charge in [0.05, 0.1) is 0 Å². The zero-order valence-corrected chi connectivity index (χ0v) is 13.6. The molecule has 1 aliphatic rings. The van der Waals surface area contributed by atoms with Crippen molar-refractivity contribution >= 4 is 11.1 Å². The smallest absolute Gasteiger partial charge is 0.00107 e. The SMILES string of the molecule is CC=C1CC(c2ccc(C)cc2)=C(c2ccccc2)C1=CC. The summed E-state index contributed by atoms with van der Waals surface area (Å²) in [6, 6.07) is 19.7. The minimum absolute atomic E-state index is 1.02. The van der Waals surface area contributed by atoms with Crippen molar-refractivity contribution in [3.63, 3.8) is 0 Å². The lowest BCUT2D eigenvalue weighted by Gasteiger charge is -2.10. The summed E-state index contributed by atoms with van der Waals surface area (Å²) in [6.07, 6.45) is 5.52. The van der Waals surface area contributed by atoms with E-state index in [1.54, 1.807) is 0 Å². The van der Waals surface area contributed by atoms with Crippen molar-refractivity contribution in [2.75, 3.05) is 0 Å². The molecule has 2 aromatic carbocycles. The van der Waals surface area contributed by atoms with Crippen molar-refractivity contribution in [3.8, 4) is 0 Å². The monoisotopic (exact) mass is 286 g/mol. The molecule has 0 N–H and O–H groups in total. The average molecular weight is 286 g/mol.